The zero-order valence-corrected chi connectivity index (χ0v) is 9.78. The number of hydroxylamine groups is 1. The van der Waals surface area contributed by atoms with Gasteiger partial charge in [0.05, 0.1) is 5.92 Å². The lowest BCUT2D eigenvalue weighted by molar-refractivity contribution is -0.152. The fourth-order valence-corrected chi connectivity index (χ4v) is 1.21. The molecule has 0 bridgehead atoms. The number of ether oxygens (including phenoxy) is 1. The number of carbonyl (C=O) groups excluding carboxylic acids is 2. The van der Waals surface area contributed by atoms with E-state index in [1.807, 2.05) is 5.48 Å². The molecule has 0 unspecified atom stereocenters. The van der Waals surface area contributed by atoms with E-state index in [0.29, 0.717) is 0 Å². The topological polar surface area (TPSA) is 64.6 Å². The Morgan fingerprint density at radius 1 is 1.44 bits per heavy atom. The number of hydrogen-bond donors (Lipinski definition) is 1. The van der Waals surface area contributed by atoms with Gasteiger partial charge in [0.25, 0.3) is 0 Å². The SMILES string of the molecule is C=C[C@@H]1C[C@H]1C(=O)ONC(=O)OC(C)(C)C. The second-order valence-corrected chi connectivity index (χ2v) is 4.77. The highest BCUT2D eigenvalue weighted by Crippen LogP contribution is 2.39. The molecule has 0 saturated heterocycles. The van der Waals surface area contributed by atoms with Crippen LogP contribution in [0.25, 0.3) is 0 Å². The van der Waals surface area contributed by atoms with E-state index in [1.54, 1.807) is 26.8 Å². The van der Waals surface area contributed by atoms with Gasteiger partial charge in [0.15, 0.2) is 0 Å². The second-order valence-electron chi connectivity index (χ2n) is 4.77. The highest BCUT2D eigenvalue weighted by atomic mass is 16.7. The minimum absolute atomic E-state index is 0.174. The molecule has 1 aliphatic carbocycles. The van der Waals surface area contributed by atoms with E-state index >= 15 is 0 Å². The third kappa shape index (κ3) is 3.92. The maximum absolute atomic E-state index is 11.3. The maximum Gasteiger partial charge on any atom is 0.441 e. The van der Waals surface area contributed by atoms with E-state index in [0.717, 1.165) is 6.42 Å². The van der Waals surface area contributed by atoms with Gasteiger partial charge in [-0.15, -0.1) is 12.1 Å². The molecule has 2 atom stereocenters. The van der Waals surface area contributed by atoms with Crippen molar-refractivity contribution in [1.29, 1.82) is 0 Å². The minimum atomic E-state index is -0.767. The Hall–Kier alpha value is -1.52. The predicted octanol–water partition coefficient (Wildman–Crippen LogP) is 1.79. The summed E-state index contributed by atoms with van der Waals surface area (Å²) >= 11 is 0. The summed E-state index contributed by atoms with van der Waals surface area (Å²) in [7, 11) is 0. The molecule has 5 heteroatoms. The Morgan fingerprint density at radius 3 is 2.50 bits per heavy atom. The Balaban J connectivity index is 2.22. The Bertz CT molecular complexity index is 306. The van der Waals surface area contributed by atoms with E-state index < -0.39 is 17.7 Å². The van der Waals surface area contributed by atoms with Crippen LogP contribution >= 0.6 is 0 Å². The molecular weight excluding hydrogens is 210 g/mol. The Morgan fingerprint density at radius 2 is 2.06 bits per heavy atom. The standard InChI is InChI=1S/C11H17NO4/c1-5-7-6-8(7)9(13)16-12-10(14)15-11(2,3)4/h5,7-8H,1,6H2,2-4H3,(H,12,14)/t7-,8-/m1/s1. The normalized spacial score (nSPS) is 23.2. The molecule has 0 aliphatic heterocycles. The van der Waals surface area contributed by atoms with E-state index in [-0.39, 0.29) is 11.8 Å². The van der Waals surface area contributed by atoms with Gasteiger partial charge in [0.2, 0.25) is 0 Å². The summed E-state index contributed by atoms with van der Waals surface area (Å²) in [4.78, 5) is 27.0. The second kappa shape index (κ2) is 4.55. The van der Waals surface area contributed by atoms with Crippen molar-refractivity contribution in [3.05, 3.63) is 12.7 Å². The van der Waals surface area contributed by atoms with Crippen LogP contribution < -0.4 is 5.48 Å². The molecule has 0 heterocycles. The van der Waals surface area contributed by atoms with Gasteiger partial charge in [0, 0.05) is 0 Å². The lowest BCUT2D eigenvalue weighted by atomic mass is 10.2. The molecule has 1 fully saturated rings. The van der Waals surface area contributed by atoms with Gasteiger partial charge < -0.3 is 9.57 Å². The number of hydrogen-bond acceptors (Lipinski definition) is 4. The lowest BCUT2D eigenvalue weighted by Crippen LogP contribution is -2.34. The first-order chi connectivity index (χ1) is 7.33. The number of allylic oxidation sites excluding steroid dienone is 1. The van der Waals surface area contributed by atoms with Crippen molar-refractivity contribution in [3.63, 3.8) is 0 Å². The summed E-state index contributed by atoms with van der Waals surface area (Å²) in [5.74, 6) is -0.448. The molecule has 16 heavy (non-hydrogen) atoms. The van der Waals surface area contributed by atoms with Crippen LogP contribution in [-0.4, -0.2) is 17.7 Å². The van der Waals surface area contributed by atoms with Crippen LogP contribution in [0.3, 0.4) is 0 Å². The van der Waals surface area contributed by atoms with Gasteiger partial charge in [-0.3, -0.25) is 0 Å². The molecule has 0 radical (unpaired) electrons. The van der Waals surface area contributed by atoms with E-state index in [9.17, 15) is 9.59 Å². The van der Waals surface area contributed by atoms with Gasteiger partial charge in [0.1, 0.15) is 5.60 Å². The molecular formula is C11H17NO4. The van der Waals surface area contributed by atoms with Gasteiger partial charge in [-0.2, -0.15) is 0 Å². The molecule has 0 aromatic heterocycles. The van der Waals surface area contributed by atoms with Crippen LogP contribution in [0.15, 0.2) is 12.7 Å². The molecule has 1 amide bonds. The Labute approximate surface area is 94.7 Å². The van der Waals surface area contributed by atoms with E-state index in [4.69, 9.17) is 4.74 Å². The first-order valence-electron chi connectivity index (χ1n) is 5.15. The molecule has 1 rings (SSSR count). The summed E-state index contributed by atoms with van der Waals surface area (Å²) < 4.78 is 4.89. The molecule has 1 N–H and O–H groups in total. The molecule has 5 nitrogen and oxygen atoms in total. The fourth-order valence-electron chi connectivity index (χ4n) is 1.21. The van der Waals surface area contributed by atoms with Crippen molar-refractivity contribution >= 4 is 12.1 Å². The summed E-state index contributed by atoms with van der Waals surface area (Å²) in [5.41, 5.74) is 1.35. The highest BCUT2D eigenvalue weighted by Gasteiger charge is 2.42. The van der Waals surface area contributed by atoms with Gasteiger partial charge >= 0.3 is 12.1 Å². The minimum Gasteiger partial charge on any atom is -0.442 e. The summed E-state index contributed by atoms with van der Waals surface area (Å²) in [6.45, 7) is 8.75. The van der Waals surface area contributed by atoms with Gasteiger partial charge in [-0.05, 0) is 33.1 Å². The summed E-state index contributed by atoms with van der Waals surface area (Å²) in [5, 5.41) is 0. The number of carbonyl (C=O) groups is 2. The van der Waals surface area contributed by atoms with Crippen LogP contribution in [0.4, 0.5) is 4.79 Å². The van der Waals surface area contributed by atoms with Crippen molar-refractivity contribution in [2.45, 2.75) is 32.8 Å². The van der Waals surface area contributed by atoms with Gasteiger partial charge in [-0.25, -0.2) is 9.59 Å². The van der Waals surface area contributed by atoms with E-state index in [2.05, 4.69) is 11.4 Å². The molecule has 1 aliphatic rings. The average molecular weight is 227 g/mol. The van der Waals surface area contributed by atoms with Gasteiger partial charge in [-0.1, -0.05) is 6.08 Å². The monoisotopic (exact) mass is 227 g/mol. The smallest absolute Gasteiger partial charge is 0.441 e. The lowest BCUT2D eigenvalue weighted by Gasteiger charge is -2.19. The first kappa shape index (κ1) is 12.5. The van der Waals surface area contributed by atoms with Crippen LogP contribution in [0, 0.1) is 11.8 Å². The van der Waals surface area contributed by atoms with E-state index in [1.165, 1.54) is 0 Å². The number of rotatable bonds is 2. The summed E-state index contributed by atoms with van der Waals surface area (Å²) in [6, 6.07) is 0. The van der Waals surface area contributed by atoms with Crippen molar-refractivity contribution < 1.29 is 19.2 Å². The van der Waals surface area contributed by atoms with Crippen LogP contribution in [-0.2, 0) is 14.4 Å². The first-order valence-corrected chi connectivity index (χ1v) is 5.15. The number of nitrogens with one attached hydrogen (secondary N) is 1. The third-order valence-corrected chi connectivity index (χ3v) is 2.08. The van der Waals surface area contributed by atoms with Crippen molar-refractivity contribution in [2.24, 2.45) is 11.8 Å². The third-order valence-electron chi connectivity index (χ3n) is 2.08. The molecule has 1 saturated carbocycles. The number of amides is 1. The van der Waals surface area contributed by atoms with Crippen molar-refractivity contribution in [2.75, 3.05) is 0 Å². The van der Waals surface area contributed by atoms with Crippen LogP contribution in [0.1, 0.15) is 27.2 Å². The largest absolute Gasteiger partial charge is 0.442 e. The van der Waals surface area contributed by atoms with Crippen LogP contribution in [0.2, 0.25) is 0 Å². The molecule has 0 aromatic rings. The zero-order valence-electron chi connectivity index (χ0n) is 9.78. The molecule has 0 aromatic carbocycles. The molecule has 0 spiro atoms. The maximum atomic E-state index is 11.3. The quantitative estimate of drug-likeness (QED) is 0.577. The average Bonchev–Trinajstić information content (AvgIpc) is 2.90. The Kier molecular flexibility index (Phi) is 3.57. The van der Waals surface area contributed by atoms with Crippen molar-refractivity contribution in [3.8, 4) is 0 Å². The predicted molar refractivity (Wildman–Crippen MR) is 57.3 cm³/mol. The summed E-state index contributed by atoms with van der Waals surface area (Å²) in [6.07, 6.45) is 1.68. The molecule has 90 valence electrons. The van der Waals surface area contributed by atoms with Crippen LogP contribution in [0.5, 0.6) is 0 Å². The zero-order chi connectivity index (χ0) is 12.3. The van der Waals surface area contributed by atoms with Crippen molar-refractivity contribution in [1.82, 2.24) is 5.48 Å². The highest BCUT2D eigenvalue weighted by molar-refractivity contribution is 5.78. The fraction of sp³-hybridized carbons (Fsp3) is 0.636.